The third kappa shape index (κ3) is 5.03. The minimum Gasteiger partial charge on any atom is -0.362 e. The highest BCUT2D eigenvalue weighted by molar-refractivity contribution is 5.47. The Hall–Kier alpha value is -1.53. The Kier molecular flexibility index (Phi) is 5.85. The van der Waals surface area contributed by atoms with Gasteiger partial charge in [0.25, 0.3) is 0 Å². The second-order valence-corrected chi connectivity index (χ2v) is 5.54. The summed E-state index contributed by atoms with van der Waals surface area (Å²) in [6.07, 6.45) is 0.0666. The van der Waals surface area contributed by atoms with Gasteiger partial charge in [-0.15, -0.1) is 0 Å². The Morgan fingerprint density at radius 3 is 2.36 bits per heavy atom. The predicted molar refractivity (Wildman–Crippen MR) is 82.8 cm³/mol. The van der Waals surface area contributed by atoms with E-state index in [4.69, 9.17) is 0 Å². The van der Waals surface area contributed by atoms with Crippen LogP contribution in [0.15, 0.2) is 36.0 Å². The van der Waals surface area contributed by atoms with Crippen molar-refractivity contribution in [1.29, 1.82) is 0 Å². The molecule has 3 nitrogen and oxygen atoms in total. The molecular formula is C16H22F3N3. The van der Waals surface area contributed by atoms with E-state index in [1.54, 1.807) is 0 Å². The van der Waals surface area contributed by atoms with E-state index >= 15 is 0 Å². The van der Waals surface area contributed by atoms with Gasteiger partial charge in [0.15, 0.2) is 0 Å². The van der Waals surface area contributed by atoms with Crippen LogP contribution < -0.4 is 10.6 Å². The zero-order valence-corrected chi connectivity index (χ0v) is 12.7. The van der Waals surface area contributed by atoms with Gasteiger partial charge < -0.3 is 10.6 Å². The molecule has 2 rings (SSSR count). The average molecular weight is 313 g/mol. The predicted octanol–water partition coefficient (Wildman–Crippen LogP) is 3.32. The molecule has 1 aromatic carbocycles. The summed E-state index contributed by atoms with van der Waals surface area (Å²) >= 11 is 0. The molecule has 0 amide bonds. The monoisotopic (exact) mass is 313 g/mol. The summed E-state index contributed by atoms with van der Waals surface area (Å²) in [6, 6.07) is 5.08. The van der Waals surface area contributed by atoms with Crippen molar-refractivity contribution < 1.29 is 13.2 Å². The molecule has 0 unspecified atom stereocenters. The van der Waals surface area contributed by atoms with E-state index in [9.17, 15) is 13.2 Å². The van der Waals surface area contributed by atoms with Crippen LogP contribution in [-0.4, -0.2) is 38.1 Å². The third-order valence-electron chi connectivity index (χ3n) is 3.68. The first-order chi connectivity index (χ1) is 10.5. The number of hydrogen-bond acceptors (Lipinski definition) is 3. The molecular weight excluding hydrogens is 291 g/mol. The largest absolute Gasteiger partial charge is 0.416 e. The second-order valence-electron chi connectivity index (χ2n) is 5.54. The normalized spacial score (nSPS) is 17.0. The lowest BCUT2D eigenvalue weighted by Gasteiger charge is -2.17. The fraction of sp³-hybridized carbons (Fsp3) is 0.500. The number of halogens is 3. The van der Waals surface area contributed by atoms with Crippen molar-refractivity contribution in [2.75, 3.05) is 38.5 Å². The summed E-state index contributed by atoms with van der Waals surface area (Å²) in [5.41, 5.74) is 1.21. The van der Waals surface area contributed by atoms with E-state index in [2.05, 4.69) is 15.5 Å². The van der Waals surface area contributed by atoms with Crippen LogP contribution >= 0.6 is 0 Å². The van der Waals surface area contributed by atoms with E-state index in [1.807, 2.05) is 13.2 Å². The van der Waals surface area contributed by atoms with Gasteiger partial charge in [-0.25, -0.2) is 0 Å². The van der Waals surface area contributed by atoms with Crippen LogP contribution in [0.1, 0.15) is 18.4 Å². The summed E-state index contributed by atoms with van der Waals surface area (Å²) in [5, 5.41) is 6.21. The van der Waals surface area contributed by atoms with Crippen molar-refractivity contribution in [3.8, 4) is 0 Å². The highest BCUT2D eigenvalue weighted by Crippen LogP contribution is 2.29. The maximum atomic E-state index is 12.5. The zero-order chi connectivity index (χ0) is 16.0. The molecule has 0 atom stereocenters. The van der Waals surface area contributed by atoms with E-state index in [-0.39, 0.29) is 0 Å². The average Bonchev–Trinajstić information content (AvgIpc) is 2.97. The van der Waals surface area contributed by atoms with Crippen LogP contribution in [0.25, 0.3) is 0 Å². The van der Waals surface area contributed by atoms with E-state index in [1.165, 1.54) is 30.5 Å². The Morgan fingerprint density at radius 1 is 1.18 bits per heavy atom. The first-order valence-electron chi connectivity index (χ1n) is 7.48. The summed E-state index contributed by atoms with van der Waals surface area (Å²) in [7, 11) is 1.88. The summed E-state index contributed by atoms with van der Waals surface area (Å²) in [5.74, 6) is 0. The number of likely N-dealkylation sites (N-methyl/N-ethyl adjacent to an activating group) is 1. The number of benzene rings is 1. The van der Waals surface area contributed by atoms with Gasteiger partial charge in [0, 0.05) is 25.0 Å². The molecule has 0 radical (unpaired) electrons. The molecule has 22 heavy (non-hydrogen) atoms. The lowest BCUT2D eigenvalue weighted by molar-refractivity contribution is -0.137. The van der Waals surface area contributed by atoms with Crippen LogP contribution in [0.5, 0.6) is 0 Å². The van der Waals surface area contributed by atoms with Crippen molar-refractivity contribution in [2.45, 2.75) is 19.0 Å². The first kappa shape index (κ1) is 16.8. The topological polar surface area (TPSA) is 27.3 Å². The highest BCUT2D eigenvalue weighted by atomic mass is 19.4. The van der Waals surface area contributed by atoms with Crippen LogP contribution in [0.4, 0.5) is 18.9 Å². The third-order valence-corrected chi connectivity index (χ3v) is 3.68. The quantitative estimate of drug-likeness (QED) is 0.844. The molecule has 1 saturated heterocycles. The zero-order valence-electron chi connectivity index (χ0n) is 12.7. The van der Waals surface area contributed by atoms with Gasteiger partial charge in [0.2, 0.25) is 0 Å². The molecule has 1 fully saturated rings. The van der Waals surface area contributed by atoms with Gasteiger partial charge in [-0.2, -0.15) is 13.2 Å². The number of alkyl halides is 3. The molecule has 0 bridgehead atoms. The molecule has 1 heterocycles. The van der Waals surface area contributed by atoms with Crippen molar-refractivity contribution >= 4 is 5.69 Å². The van der Waals surface area contributed by atoms with E-state index in [0.29, 0.717) is 5.69 Å². The lowest BCUT2D eigenvalue weighted by atomic mass is 10.2. The van der Waals surface area contributed by atoms with Gasteiger partial charge in [-0.3, -0.25) is 4.90 Å². The van der Waals surface area contributed by atoms with Crippen LogP contribution in [0.2, 0.25) is 0 Å². The van der Waals surface area contributed by atoms with Crippen molar-refractivity contribution in [3.05, 3.63) is 41.6 Å². The first-order valence-corrected chi connectivity index (χ1v) is 7.48. The molecule has 0 saturated carbocycles. The highest BCUT2D eigenvalue weighted by Gasteiger charge is 2.29. The number of rotatable bonds is 6. The second kappa shape index (κ2) is 7.65. The van der Waals surface area contributed by atoms with Crippen LogP contribution in [0.3, 0.4) is 0 Å². The van der Waals surface area contributed by atoms with Gasteiger partial charge in [-0.05, 0) is 62.8 Å². The molecule has 0 aromatic heterocycles. The SMILES string of the molecule is CNC/C(=C\Nc1ccc(C(F)(F)F)cc1)CN1CCCC1. The fourth-order valence-electron chi connectivity index (χ4n) is 2.55. The van der Waals surface area contributed by atoms with Crippen molar-refractivity contribution in [1.82, 2.24) is 10.2 Å². The number of hydrogen-bond donors (Lipinski definition) is 2. The maximum Gasteiger partial charge on any atom is 0.416 e. The van der Waals surface area contributed by atoms with E-state index in [0.717, 1.165) is 38.3 Å². The summed E-state index contributed by atoms with van der Waals surface area (Å²) in [4.78, 5) is 2.39. The number of likely N-dealkylation sites (tertiary alicyclic amines) is 1. The fourth-order valence-corrected chi connectivity index (χ4v) is 2.55. The smallest absolute Gasteiger partial charge is 0.362 e. The number of nitrogens with one attached hydrogen (secondary N) is 2. The van der Waals surface area contributed by atoms with Gasteiger partial charge in [-0.1, -0.05) is 0 Å². The van der Waals surface area contributed by atoms with Crippen molar-refractivity contribution in [3.63, 3.8) is 0 Å². The van der Waals surface area contributed by atoms with Gasteiger partial charge in [0.05, 0.1) is 5.56 Å². The molecule has 0 spiro atoms. The Morgan fingerprint density at radius 2 is 1.82 bits per heavy atom. The molecule has 1 aliphatic rings. The standard InChI is InChI=1S/C16H22F3N3/c1-20-10-13(12-22-8-2-3-9-22)11-21-15-6-4-14(5-7-15)16(17,18)19/h4-7,11,20-21H,2-3,8-10,12H2,1H3/b13-11+. The summed E-state index contributed by atoms with van der Waals surface area (Å²) in [6.45, 7) is 3.86. The molecule has 2 N–H and O–H groups in total. The van der Waals surface area contributed by atoms with Crippen LogP contribution in [-0.2, 0) is 6.18 Å². The molecule has 0 aliphatic carbocycles. The van der Waals surface area contributed by atoms with Crippen LogP contribution in [0, 0.1) is 0 Å². The lowest BCUT2D eigenvalue weighted by Crippen LogP contribution is -2.26. The van der Waals surface area contributed by atoms with E-state index < -0.39 is 11.7 Å². The Labute approximate surface area is 129 Å². The molecule has 122 valence electrons. The minimum absolute atomic E-state index is 0.630. The molecule has 1 aromatic rings. The Bertz CT molecular complexity index is 488. The van der Waals surface area contributed by atoms with Gasteiger partial charge in [0.1, 0.15) is 0 Å². The maximum absolute atomic E-state index is 12.5. The minimum atomic E-state index is -4.29. The van der Waals surface area contributed by atoms with Gasteiger partial charge >= 0.3 is 6.18 Å². The molecule has 1 aliphatic heterocycles. The molecule has 6 heteroatoms. The van der Waals surface area contributed by atoms with Crippen molar-refractivity contribution in [2.24, 2.45) is 0 Å². The number of anilines is 1. The Balaban J connectivity index is 1.97. The summed E-state index contributed by atoms with van der Waals surface area (Å²) < 4.78 is 37.5. The number of nitrogens with zero attached hydrogens (tertiary/aromatic N) is 1.